The lowest BCUT2D eigenvalue weighted by molar-refractivity contribution is -0.274. The van der Waals surface area contributed by atoms with Crippen molar-refractivity contribution in [3.63, 3.8) is 0 Å². The lowest BCUT2D eigenvalue weighted by atomic mass is 10.2. The molecule has 0 saturated carbocycles. The third-order valence-corrected chi connectivity index (χ3v) is 4.21. The summed E-state index contributed by atoms with van der Waals surface area (Å²) in [4.78, 5) is 8.23. The number of halogens is 3. The maximum Gasteiger partial charge on any atom is 0.573 e. The van der Waals surface area contributed by atoms with Crippen LogP contribution in [0.15, 0.2) is 79.1 Å². The number of aromatic nitrogens is 2. The molecule has 0 aliphatic carbocycles. The molecule has 1 N–H and O–H groups in total. The van der Waals surface area contributed by atoms with Gasteiger partial charge in [0.25, 0.3) is 0 Å². The van der Waals surface area contributed by atoms with Crippen molar-refractivity contribution >= 4 is 22.4 Å². The second-order valence-corrected chi connectivity index (χ2v) is 6.37. The Morgan fingerprint density at radius 1 is 0.833 bits per heavy atom. The van der Waals surface area contributed by atoms with E-state index in [9.17, 15) is 13.2 Å². The Morgan fingerprint density at radius 2 is 1.57 bits per heavy atom. The second-order valence-electron chi connectivity index (χ2n) is 6.37. The number of nitrogens with one attached hydrogen (secondary N) is 1. The van der Waals surface area contributed by atoms with Gasteiger partial charge in [-0.3, -0.25) is 0 Å². The average Bonchev–Trinajstić information content (AvgIpc) is 2.73. The summed E-state index contributed by atoms with van der Waals surface area (Å²) in [6, 6.07) is 20.9. The summed E-state index contributed by atoms with van der Waals surface area (Å²) < 4.78 is 47.3. The Labute approximate surface area is 170 Å². The number of alkyl halides is 3. The van der Waals surface area contributed by atoms with Gasteiger partial charge in [-0.05, 0) is 48.0 Å². The fourth-order valence-electron chi connectivity index (χ4n) is 2.84. The van der Waals surface area contributed by atoms with Gasteiger partial charge in [-0.25, -0.2) is 9.97 Å². The molecule has 30 heavy (non-hydrogen) atoms. The van der Waals surface area contributed by atoms with E-state index in [-0.39, 0.29) is 5.75 Å². The number of hydrogen-bond acceptors (Lipinski definition) is 5. The lowest BCUT2D eigenvalue weighted by Gasteiger charge is -2.12. The molecule has 0 bridgehead atoms. The molecule has 0 radical (unpaired) electrons. The zero-order valence-corrected chi connectivity index (χ0v) is 15.6. The van der Waals surface area contributed by atoms with Crippen LogP contribution in [0, 0.1) is 0 Å². The van der Waals surface area contributed by atoms with Gasteiger partial charge in [0.05, 0.1) is 5.52 Å². The second kappa shape index (κ2) is 8.28. The Balaban J connectivity index is 1.50. The van der Waals surface area contributed by atoms with Crippen LogP contribution < -0.4 is 14.8 Å². The summed E-state index contributed by atoms with van der Waals surface area (Å²) in [7, 11) is 0. The monoisotopic (exact) mass is 411 g/mol. The van der Waals surface area contributed by atoms with Crippen molar-refractivity contribution < 1.29 is 22.6 Å². The molecule has 0 aliphatic rings. The molecule has 4 rings (SSSR count). The van der Waals surface area contributed by atoms with Gasteiger partial charge in [0.15, 0.2) is 0 Å². The minimum Gasteiger partial charge on any atom is -0.489 e. The molecule has 1 aromatic heterocycles. The quantitative estimate of drug-likeness (QED) is 0.431. The van der Waals surface area contributed by atoms with Crippen molar-refractivity contribution in [1.29, 1.82) is 0 Å². The fraction of sp³-hybridized carbons (Fsp3) is 0.0909. The normalized spacial score (nSPS) is 11.3. The van der Waals surface area contributed by atoms with E-state index in [1.807, 2.05) is 30.3 Å². The number of nitrogens with zero attached hydrogens (tertiary/aromatic N) is 2. The molecule has 0 aliphatic heterocycles. The van der Waals surface area contributed by atoms with Crippen molar-refractivity contribution in [2.24, 2.45) is 0 Å². The zero-order chi connectivity index (χ0) is 21.0. The summed E-state index contributed by atoms with van der Waals surface area (Å²) in [5.74, 6) is 0.723. The van der Waals surface area contributed by atoms with E-state index in [0.29, 0.717) is 34.8 Å². The highest BCUT2D eigenvalue weighted by molar-refractivity contribution is 5.91. The molecule has 1 heterocycles. The molecule has 4 aromatic rings. The third kappa shape index (κ3) is 4.96. The van der Waals surface area contributed by atoms with Crippen molar-refractivity contribution in [2.45, 2.75) is 13.0 Å². The molecule has 0 atom stereocenters. The molecule has 5 nitrogen and oxygen atoms in total. The van der Waals surface area contributed by atoms with Crippen molar-refractivity contribution in [2.75, 3.05) is 5.32 Å². The number of anilines is 2. The van der Waals surface area contributed by atoms with Crippen LogP contribution in [0.3, 0.4) is 0 Å². The van der Waals surface area contributed by atoms with Gasteiger partial charge in [-0.15, -0.1) is 13.2 Å². The summed E-state index contributed by atoms with van der Waals surface area (Å²) in [6.45, 7) is 0.451. The van der Waals surface area contributed by atoms with Crippen LogP contribution in [0.25, 0.3) is 10.9 Å². The van der Waals surface area contributed by atoms with Gasteiger partial charge in [0, 0.05) is 11.1 Å². The van der Waals surface area contributed by atoms with Crippen LogP contribution in [-0.4, -0.2) is 16.3 Å². The third-order valence-electron chi connectivity index (χ3n) is 4.21. The first-order valence-corrected chi connectivity index (χ1v) is 9.01. The molecule has 0 amide bonds. The van der Waals surface area contributed by atoms with Crippen LogP contribution in [-0.2, 0) is 6.61 Å². The van der Waals surface area contributed by atoms with Gasteiger partial charge in [-0.2, -0.15) is 0 Å². The number of rotatable bonds is 6. The van der Waals surface area contributed by atoms with Crippen molar-refractivity contribution in [3.05, 3.63) is 84.7 Å². The first-order chi connectivity index (χ1) is 14.5. The number of benzene rings is 3. The Hall–Kier alpha value is -3.81. The molecule has 0 fully saturated rings. The van der Waals surface area contributed by atoms with Gasteiger partial charge < -0.3 is 14.8 Å². The van der Waals surface area contributed by atoms with Crippen molar-refractivity contribution in [3.8, 4) is 11.5 Å². The largest absolute Gasteiger partial charge is 0.573 e. The van der Waals surface area contributed by atoms with Crippen molar-refractivity contribution in [1.82, 2.24) is 9.97 Å². The predicted molar refractivity (Wildman–Crippen MR) is 107 cm³/mol. The van der Waals surface area contributed by atoms with Crippen LogP contribution in [0.2, 0.25) is 0 Å². The number of ether oxygens (including phenoxy) is 2. The Bertz CT molecular complexity index is 1130. The lowest BCUT2D eigenvalue weighted by Crippen LogP contribution is -2.17. The molecular weight excluding hydrogens is 395 g/mol. The first kappa shape index (κ1) is 19.5. The standard InChI is InChI=1S/C22H16F3N3O2/c23-22(24,25)30-18-10-11-20-19(12-18)21(27-14-26-20)28-16-6-8-17(9-7-16)29-13-15-4-2-1-3-5-15/h1-12,14H,13H2,(H,26,27,28). The maximum atomic E-state index is 12.5. The summed E-state index contributed by atoms with van der Waals surface area (Å²) >= 11 is 0. The topological polar surface area (TPSA) is 56.3 Å². The molecule has 0 saturated heterocycles. The summed E-state index contributed by atoms with van der Waals surface area (Å²) in [5, 5.41) is 3.50. The minimum absolute atomic E-state index is 0.336. The first-order valence-electron chi connectivity index (χ1n) is 9.01. The molecule has 152 valence electrons. The van der Waals surface area contributed by atoms with E-state index >= 15 is 0 Å². The van der Waals surface area contributed by atoms with Gasteiger partial charge in [0.1, 0.15) is 30.3 Å². The smallest absolute Gasteiger partial charge is 0.489 e. The molecule has 8 heteroatoms. The summed E-state index contributed by atoms with van der Waals surface area (Å²) in [5.41, 5.74) is 2.25. The highest BCUT2D eigenvalue weighted by Crippen LogP contribution is 2.30. The van der Waals surface area contributed by atoms with Gasteiger partial charge in [-0.1, -0.05) is 30.3 Å². The van der Waals surface area contributed by atoms with Crippen LogP contribution >= 0.6 is 0 Å². The van der Waals surface area contributed by atoms with E-state index in [1.54, 1.807) is 24.3 Å². The van der Waals surface area contributed by atoms with E-state index in [4.69, 9.17) is 4.74 Å². The zero-order valence-electron chi connectivity index (χ0n) is 15.6. The van der Waals surface area contributed by atoms with Crippen LogP contribution in [0.4, 0.5) is 24.7 Å². The van der Waals surface area contributed by atoms with E-state index in [0.717, 1.165) is 5.56 Å². The van der Waals surface area contributed by atoms with Gasteiger partial charge >= 0.3 is 6.36 Å². The Morgan fingerprint density at radius 3 is 2.30 bits per heavy atom. The van der Waals surface area contributed by atoms with E-state index in [1.165, 1.54) is 24.5 Å². The summed E-state index contributed by atoms with van der Waals surface area (Å²) in [6.07, 6.45) is -3.43. The Kier molecular flexibility index (Phi) is 5.38. The highest BCUT2D eigenvalue weighted by atomic mass is 19.4. The number of fused-ring (bicyclic) bond motifs is 1. The highest BCUT2D eigenvalue weighted by Gasteiger charge is 2.31. The van der Waals surface area contributed by atoms with Crippen LogP contribution in [0.1, 0.15) is 5.56 Å². The van der Waals surface area contributed by atoms with Gasteiger partial charge in [0.2, 0.25) is 0 Å². The predicted octanol–water partition coefficient (Wildman–Crippen LogP) is 5.85. The SMILES string of the molecule is FC(F)(F)Oc1ccc2ncnc(Nc3ccc(OCc4ccccc4)cc3)c2c1. The minimum atomic E-state index is -4.77. The molecule has 0 spiro atoms. The van der Waals surface area contributed by atoms with E-state index in [2.05, 4.69) is 20.0 Å². The van der Waals surface area contributed by atoms with E-state index < -0.39 is 6.36 Å². The fourth-order valence-corrected chi connectivity index (χ4v) is 2.84. The number of hydrogen-bond donors (Lipinski definition) is 1. The maximum absolute atomic E-state index is 12.5. The molecular formula is C22H16F3N3O2. The molecule has 0 unspecified atom stereocenters. The molecule has 3 aromatic carbocycles. The van der Waals surface area contributed by atoms with Crippen LogP contribution in [0.5, 0.6) is 11.5 Å². The average molecular weight is 411 g/mol.